The highest BCUT2D eigenvalue weighted by Crippen LogP contribution is 2.46. The Morgan fingerprint density at radius 2 is 1.68 bits per heavy atom. The van der Waals surface area contributed by atoms with Crippen LogP contribution in [0, 0.1) is 17.7 Å². The number of benzene rings is 3. The molecule has 5 nitrogen and oxygen atoms in total. The molecule has 3 aromatic carbocycles. The highest BCUT2D eigenvalue weighted by atomic mass is 35.5. The van der Waals surface area contributed by atoms with Gasteiger partial charge >= 0.3 is 5.97 Å². The van der Waals surface area contributed by atoms with Gasteiger partial charge in [-0.05, 0) is 135 Å². The maximum atomic E-state index is 13.8. The van der Waals surface area contributed by atoms with E-state index in [4.69, 9.17) is 16.3 Å². The Balaban J connectivity index is 0.000000842. The van der Waals surface area contributed by atoms with Gasteiger partial charge in [0, 0.05) is 22.9 Å². The number of allylic oxidation sites excluding steroid dienone is 4. The zero-order valence-electron chi connectivity index (χ0n) is 35.9. The van der Waals surface area contributed by atoms with E-state index >= 15 is 0 Å². The van der Waals surface area contributed by atoms with Crippen LogP contribution in [0.15, 0.2) is 65.8 Å². The van der Waals surface area contributed by atoms with Crippen LogP contribution in [-0.4, -0.2) is 35.3 Å². The number of ether oxygens (including phenoxy) is 1. The number of hydrogen-bond acceptors (Lipinski definition) is 3. The topological polar surface area (TPSA) is 63.5 Å². The molecule has 0 amide bonds. The van der Waals surface area contributed by atoms with E-state index in [2.05, 4.69) is 64.4 Å². The molecule has 0 radical (unpaired) electrons. The molecule has 0 saturated heterocycles. The van der Waals surface area contributed by atoms with Crippen LogP contribution in [0.25, 0.3) is 27.2 Å². The summed E-state index contributed by atoms with van der Waals surface area (Å²) in [4.78, 5) is 13.1. The Morgan fingerprint density at radius 1 is 0.964 bits per heavy atom. The van der Waals surface area contributed by atoms with E-state index in [9.17, 15) is 14.3 Å². The average Bonchev–Trinajstić information content (AvgIpc) is 3.50. The summed E-state index contributed by atoms with van der Waals surface area (Å²) in [6.45, 7) is 22.8. The molecule has 1 heterocycles. The van der Waals surface area contributed by atoms with Gasteiger partial charge in [-0.3, -0.25) is 0 Å². The second-order valence-corrected chi connectivity index (χ2v) is 15.6. The molecular formula is C49H70ClFN2O3. The van der Waals surface area contributed by atoms with Gasteiger partial charge in [0.25, 0.3) is 0 Å². The molecule has 1 unspecified atom stereocenters. The fourth-order valence-electron chi connectivity index (χ4n) is 7.69. The maximum absolute atomic E-state index is 13.8. The van der Waals surface area contributed by atoms with Gasteiger partial charge in [0.1, 0.15) is 17.3 Å². The molecule has 0 spiro atoms. The zero-order chi connectivity index (χ0) is 41.2. The zero-order valence-corrected chi connectivity index (χ0v) is 36.7. The first-order valence-electron chi connectivity index (χ1n) is 21.6. The second-order valence-electron chi connectivity index (χ2n) is 15.2. The SMILES string of the molecule is CC.CCCCCC1=C(c2c(Cl)ccc3c(CCCOc4cccc5cc(F)ccc45)c(C(=O)O)n(CCC(C)C)c23)C(CC)=CCC1C.CCCNCCC. The van der Waals surface area contributed by atoms with Crippen molar-refractivity contribution in [3.05, 3.63) is 93.4 Å². The number of aromatic carboxylic acids is 1. The van der Waals surface area contributed by atoms with E-state index < -0.39 is 5.97 Å². The van der Waals surface area contributed by atoms with Crippen molar-refractivity contribution in [1.82, 2.24) is 9.88 Å². The number of fused-ring (bicyclic) bond motifs is 2. The molecule has 1 aromatic heterocycles. The minimum absolute atomic E-state index is 0.280. The highest BCUT2D eigenvalue weighted by molar-refractivity contribution is 6.34. The van der Waals surface area contributed by atoms with Crippen molar-refractivity contribution in [2.75, 3.05) is 19.7 Å². The normalized spacial score (nSPS) is 14.1. The Hall–Kier alpha value is -3.61. The van der Waals surface area contributed by atoms with Crippen molar-refractivity contribution in [2.24, 2.45) is 11.8 Å². The Morgan fingerprint density at radius 3 is 2.32 bits per heavy atom. The quantitative estimate of drug-likeness (QED) is 0.0929. The maximum Gasteiger partial charge on any atom is 0.352 e. The van der Waals surface area contributed by atoms with Crippen molar-refractivity contribution in [3.63, 3.8) is 0 Å². The molecule has 1 aliphatic carbocycles. The number of carboxylic acid groups (broad SMARTS) is 1. The number of unbranched alkanes of at least 4 members (excludes halogenated alkanes) is 2. The van der Waals surface area contributed by atoms with Crippen molar-refractivity contribution in [2.45, 2.75) is 139 Å². The molecule has 0 aliphatic heterocycles. The molecular weight excluding hydrogens is 719 g/mol. The Labute approximate surface area is 342 Å². The summed E-state index contributed by atoms with van der Waals surface area (Å²) in [6.07, 6.45) is 13.3. The first-order chi connectivity index (χ1) is 27.1. The van der Waals surface area contributed by atoms with Crippen LogP contribution in [0.3, 0.4) is 0 Å². The van der Waals surface area contributed by atoms with Gasteiger partial charge in [-0.2, -0.15) is 0 Å². The molecule has 56 heavy (non-hydrogen) atoms. The third kappa shape index (κ3) is 12.2. The molecule has 7 heteroatoms. The van der Waals surface area contributed by atoms with Gasteiger partial charge in [0.15, 0.2) is 0 Å². The minimum Gasteiger partial charge on any atom is -0.493 e. The van der Waals surface area contributed by atoms with E-state index in [-0.39, 0.29) is 5.82 Å². The first kappa shape index (κ1) is 46.8. The summed E-state index contributed by atoms with van der Waals surface area (Å²) in [5.41, 5.74) is 7.11. The molecule has 1 aliphatic rings. The third-order valence-electron chi connectivity index (χ3n) is 10.5. The molecule has 0 bridgehead atoms. The van der Waals surface area contributed by atoms with E-state index in [1.54, 1.807) is 6.07 Å². The molecule has 308 valence electrons. The van der Waals surface area contributed by atoms with Gasteiger partial charge in [-0.15, -0.1) is 0 Å². The van der Waals surface area contributed by atoms with Gasteiger partial charge in [0.05, 0.1) is 17.1 Å². The van der Waals surface area contributed by atoms with E-state index in [0.717, 1.165) is 71.3 Å². The van der Waals surface area contributed by atoms with Crippen LogP contribution < -0.4 is 10.1 Å². The average molecular weight is 790 g/mol. The predicted molar refractivity (Wildman–Crippen MR) is 239 cm³/mol. The van der Waals surface area contributed by atoms with Crippen molar-refractivity contribution in [3.8, 4) is 5.75 Å². The molecule has 1 atom stereocenters. The lowest BCUT2D eigenvalue weighted by atomic mass is 9.77. The van der Waals surface area contributed by atoms with Crippen LogP contribution in [-0.2, 0) is 13.0 Å². The number of rotatable bonds is 19. The van der Waals surface area contributed by atoms with Crippen LogP contribution in [0.5, 0.6) is 5.75 Å². The second kappa shape index (κ2) is 24.2. The predicted octanol–water partition coefficient (Wildman–Crippen LogP) is 14.5. The fraction of sp³-hybridized carbons (Fsp3) is 0.531. The summed E-state index contributed by atoms with van der Waals surface area (Å²) in [5, 5.41) is 17.3. The number of nitrogens with zero attached hydrogens (tertiary/aromatic N) is 1. The number of halogens is 2. The lowest BCUT2D eigenvalue weighted by molar-refractivity contribution is 0.0683. The van der Waals surface area contributed by atoms with E-state index in [1.165, 1.54) is 61.2 Å². The molecule has 4 aromatic rings. The minimum atomic E-state index is -0.917. The largest absolute Gasteiger partial charge is 0.493 e. The number of nitrogens with one attached hydrogen (secondary N) is 1. The summed E-state index contributed by atoms with van der Waals surface area (Å²) in [7, 11) is 0. The first-order valence-corrected chi connectivity index (χ1v) is 22.0. The molecule has 0 saturated carbocycles. The number of carboxylic acids is 1. The van der Waals surface area contributed by atoms with Crippen LogP contribution in [0.1, 0.15) is 148 Å². The summed E-state index contributed by atoms with van der Waals surface area (Å²) in [6, 6.07) is 14.3. The van der Waals surface area contributed by atoms with Crippen LogP contribution in [0.2, 0.25) is 5.02 Å². The molecule has 0 fully saturated rings. The van der Waals surface area contributed by atoms with Crippen molar-refractivity contribution >= 4 is 44.8 Å². The van der Waals surface area contributed by atoms with Gasteiger partial charge < -0.3 is 19.7 Å². The number of aromatic nitrogens is 1. The lowest BCUT2D eigenvalue weighted by Gasteiger charge is -2.29. The van der Waals surface area contributed by atoms with Gasteiger partial charge in [-0.1, -0.05) is 117 Å². The van der Waals surface area contributed by atoms with E-state index in [1.807, 2.05) is 44.2 Å². The molecule has 5 rings (SSSR count). The van der Waals surface area contributed by atoms with Crippen molar-refractivity contribution < 1.29 is 19.0 Å². The van der Waals surface area contributed by atoms with Crippen molar-refractivity contribution in [1.29, 1.82) is 0 Å². The number of aryl methyl sites for hydroxylation is 2. The van der Waals surface area contributed by atoms with E-state index in [0.29, 0.717) is 54.3 Å². The third-order valence-corrected chi connectivity index (χ3v) is 10.8. The standard InChI is InChI=1S/C41H49ClFNO3.C6H15N.C2H6/c1-6-8-9-13-31-27(5)16-17-28(7-2)37(31)38-35(42)21-20-34-33(40(41(45)46)44(39(34)38)23-22-26(3)4)14-11-24-47-36-15-10-12-29-25-30(43)18-19-32(29)36;1-3-5-7-6-4-2;1-2/h10,12,15,17-21,25-27H,6-9,11,13-14,16,22-24H2,1-5H3,(H,45,46);7H,3-6H2,1-2H3;1-2H3. The monoisotopic (exact) mass is 789 g/mol. The smallest absolute Gasteiger partial charge is 0.352 e. The van der Waals surface area contributed by atoms with Gasteiger partial charge in [-0.25, -0.2) is 9.18 Å². The summed E-state index contributed by atoms with van der Waals surface area (Å²) in [5.74, 6) is 0.315. The van der Waals surface area contributed by atoms with Crippen LogP contribution in [0.4, 0.5) is 4.39 Å². The lowest BCUT2D eigenvalue weighted by Crippen LogP contribution is -2.14. The van der Waals surface area contributed by atoms with Crippen LogP contribution >= 0.6 is 11.6 Å². The number of hydrogen-bond donors (Lipinski definition) is 2. The fourth-order valence-corrected chi connectivity index (χ4v) is 7.94. The summed E-state index contributed by atoms with van der Waals surface area (Å²) < 4.78 is 22.1. The number of carbonyl (C=O) groups is 1. The Kier molecular flexibility index (Phi) is 20.2. The van der Waals surface area contributed by atoms with Gasteiger partial charge in [0.2, 0.25) is 0 Å². The molecule has 2 N–H and O–H groups in total. The Bertz CT molecular complexity index is 1900. The summed E-state index contributed by atoms with van der Waals surface area (Å²) >= 11 is 7.20. The highest BCUT2D eigenvalue weighted by Gasteiger charge is 2.30.